The van der Waals surface area contributed by atoms with Gasteiger partial charge >= 0.3 is 5.82 Å². The van der Waals surface area contributed by atoms with Gasteiger partial charge < -0.3 is 10.1 Å². The van der Waals surface area contributed by atoms with Gasteiger partial charge in [-0.25, -0.2) is 0 Å². The number of hydrogen-bond acceptors (Lipinski definition) is 3. The van der Waals surface area contributed by atoms with Gasteiger partial charge in [0.2, 0.25) is 0 Å². The first-order valence-electron chi connectivity index (χ1n) is 5.41. The number of nitrogens with zero attached hydrogens (tertiary/aromatic N) is 3. The molecule has 5 heteroatoms. The maximum atomic E-state index is 10.6. The zero-order valence-electron chi connectivity index (χ0n) is 8.85. The van der Waals surface area contributed by atoms with Crippen molar-refractivity contribution < 1.29 is 4.92 Å². The Labute approximate surface area is 88.2 Å². The van der Waals surface area contributed by atoms with E-state index in [1.165, 1.54) is 6.42 Å². The van der Waals surface area contributed by atoms with Gasteiger partial charge in [0.15, 0.2) is 0 Å². The molecular formula is C10H15N3O2. The second-order valence-corrected chi connectivity index (χ2v) is 4.09. The lowest BCUT2D eigenvalue weighted by atomic mass is 9.96. The third-order valence-corrected chi connectivity index (χ3v) is 3.09. The third-order valence-electron chi connectivity index (χ3n) is 3.09. The summed E-state index contributed by atoms with van der Waals surface area (Å²) >= 11 is 0. The Bertz CT molecular complexity index is 373. The van der Waals surface area contributed by atoms with Crippen molar-refractivity contribution in [1.29, 1.82) is 0 Å². The first-order valence-corrected chi connectivity index (χ1v) is 5.41. The zero-order valence-corrected chi connectivity index (χ0v) is 8.85. The number of aryl methyl sites for hydroxylation is 1. The van der Waals surface area contributed by atoms with E-state index in [0.717, 1.165) is 31.5 Å². The van der Waals surface area contributed by atoms with Gasteiger partial charge in [0, 0.05) is 0 Å². The molecule has 1 aliphatic rings. The molecule has 0 spiro atoms. The fourth-order valence-corrected chi connectivity index (χ4v) is 2.16. The van der Waals surface area contributed by atoms with E-state index in [2.05, 4.69) is 12.0 Å². The van der Waals surface area contributed by atoms with Crippen molar-refractivity contribution in [3.8, 4) is 0 Å². The van der Waals surface area contributed by atoms with Gasteiger partial charge in [0.05, 0.1) is 23.4 Å². The first-order chi connectivity index (χ1) is 7.20. The van der Waals surface area contributed by atoms with Gasteiger partial charge in [-0.3, -0.25) is 0 Å². The summed E-state index contributed by atoms with van der Waals surface area (Å²) in [6, 6.07) is 1.62. The number of fused-ring (bicyclic) bond motifs is 1. The van der Waals surface area contributed by atoms with Crippen LogP contribution in [0.2, 0.25) is 0 Å². The average molecular weight is 209 g/mol. The molecule has 0 saturated carbocycles. The van der Waals surface area contributed by atoms with Crippen LogP contribution in [0.25, 0.3) is 0 Å². The lowest BCUT2D eigenvalue weighted by Crippen LogP contribution is -2.03. The molecule has 0 fully saturated rings. The van der Waals surface area contributed by atoms with Gasteiger partial charge in [-0.15, -0.1) is 0 Å². The fourth-order valence-electron chi connectivity index (χ4n) is 2.16. The van der Waals surface area contributed by atoms with Gasteiger partial charge in [-0.1, -0.05) is 13.3 Å². The molecular weight excluding hydrogens is 194 g/mol. The van der Waals surface area contributed by atoms with Crippen molar-refractivity contribution in [2.45, 2.75) is 39.2 Å². The van der Waals surface area contributed by atoms with Crippen molar-refractivity contribution in [2.24, 2.45) is 5.92 Å². The van der Waals surface area contributed by atoms with Crippen LogP contribution >= 0.6 is 0 Å². The Kier molecular flexibility index (Phi) is 2.70. The second kappa shape index (κ2) is 4.00. The molecule has 0 amide bonds. The highest BCUT2D eigenvalue weighted by Gasteiger charge is 2.22. The number of hydrogen-bond donors (Lipinski definition) is 0. The number of aromatic nitrogens is 2. The minimum Gasteiger partial charge on any atom is -0.358 e. The van der Waals surface area contributed by atoms with Crippen molar-refractivity contribution in [3.05, 3.63) is 21.9 Å². The van der Waals surface area contributed by atoms with Crippen LogP contribution in [-0.2, 0) is 13.0 Å². The van der Waals surface area contributed by atoms with Crippen molar-refractivity contribution in [1.82, 2.24) is 9.78 Å². The Morgan fingerprint density at radius 1 is 1.73 bits per heavy atom. The monoisotopic (exact) mass is 209 g/mol. The molecule has 15 heavy (non-hydrogen) atoms. The van der Waals surface area contributed by atoms with Crippen LogP contribution in [-0.4, -0.2) is 14.7 Å². The molecule has 0 bridgehead atoms. The summed E-state index contributed by atoms with van der Waals surface area (Å²) in [7, 11) is 0. The molecule has 0 saturated heterocycles. The SMILES string of the molecule is CCC1CCCn2nc([N+](=O)[O-])cc2C1. The minimum atomic E-state index is -0.414. The highest BCUT2D eigenvalue weighted by molar-refractivity contribution is 5.22. The molecule has 2 heterocycles. The fraction of sp³-hybridized carbons (Fsp3) is 0.700. The van der Waals surface area contributed by atoms with E-state index >= 15 is 0 Å². The van der Waals surface area contributed by atoms with E-state index in [9.17, 15) is 10.1 Å². The van der Waals surface area contributed by atoms with Crippen LogP contribution < -0.4 is 0 Å². The normalized spacial score (nSPS) is 20.7. The summed E-state index contributed by atoms with van der Waals surface area (Å²) in [5.74, 6) is 0.643. The van der Waals surface area contributed by atoms with Crippen LogP contribution in [0.4, 0.5) is 5.82 Å². The highest BCUT2D eigenvalue weighted by Crippen LogP contribution is 2.24. The number of rotatable bonds is 2. The van der Waals surface area contributed by atoms with Crippen LogP contribution in [0.3, 0.4) is 0 Å². The molecule has 0 radical (unpaired) electrons. The van der Waals surface area contributed by atoms with Crippen LogP contribution in [0.1, 0.15) is 31.9 Å². The molecule has 82 valence electrons. The van der Waals surface area contributed by atoms with E-state index in [0.29, 0.717) is 5.92 Å². The predicted molar refractivity (Wildman–Crippen MR) is 55.6 cm³/mol. The van der Waals surface area contributed by atoms with Gasteiger partial charge in [-0.2, -0.15) is 4.68 Å². The van der Waals surface area contributed by atoms with Crippen LogP contribution in [0.15, 0.2) is 6.07 Å². The molecule has 5 nitrogen and oxygen atoms in total. The van der Waals surface area contributed by atoms with Crippen molar-refractivity contribution in [2.75, 3.05) is 0 Å². The lowest BCUT2D eigenvalue weighted by Gasteiger charge is -2.08. The summed E-state index contributed by atoms with van der Waals surface area (Å²) in [6.45, 7) is 2.99. The van der Waals surface area contributed by atoms with E-state index in [1.807, 2.05) is 0 Å². The molecule has 1 unspecified atom stereocenters. The van der Waals surface area contributed by atoms with E-state index in [-0.39, 0.29) is 5.82 Å². The zero-order chi connectivity index (χ0) is 10.8. The van der Waals surface area contributed by atoms with Gasteiger partial charge in [0.1, 0.15) is 0 Å². The molecule has 1 aromatic rings. The summed E-state index contributed by atoms with van der Waals surface area (Å²) in [6.07, 6.45) is 4.34. The van der Waals surface area contributed by atoms with E-state index in [1.54, 1.807) is 10.7 Å². The highest BCUT2D eigenvalue weighted by atomic mass is 16.6. The van der Waals surface area contributed by atoms with Crippen molar-refractivity contribution in [3.63, 3.8) is 0 Å². The smallest absolute Gasteiger partial charge is 0.358 e. The second-order valence-electron chi connectivity index (χ2n) is 4.09. The number of nitro groups is 1. The molecule has 2 rings (SSSR count). The molecule has 1 aliphatic heterocycles. The summed E-state index contributed by atoms with van der Waals surface area (Å²) in [5.41, 5.74) is 1.02. The maximum Gasteiger partial charge on any atom is 0.390 e. The molecule has 1 atom stereocenters. The predicted octanol–water partition coefficient (Wildman–Crippen LogP) is 2.15. The molecule has 0 N–H and O–H groups in total. The van der Waals surface area contributed by atoms with Crippen molar-refractivity contribution >= 4 is 5.82 Å². The maximum absolute atomic E-state index is 10.6. The molecule has 0 aromatic carbocycles. The summed E-state index contributed by atoms with van der Waals surface area (Å²) in [5, 5.41) is 14.6. The van der Waals surface area contributed by atoms with Crippen LogP contribution in [0, 0.1) is 16.0 Å². The summed E-state index contributed by atoms with van der Waals surface area (Å²) < 4.78 is 1.80. The topological polar surface area (TPSA) is 61.0 Å². The standard InChI is InChI=1S/C10H15N3O2/c1-2-8-4-3-5-12-9(6-8)7-10(11-12)13(14)15/h7-8H,2-6H2,1H3. The Balaban J connectivity index is 2.26. The Morgan fingerprint density at radius 2 is 2.53 bits per heavy atom. The molecule has 0 aliphatic carbocycles. The van der Waals surface area contributed by atoms with E-state index in [4.69, 9.17) is 0 Å². The van der Waals surface area contributed by atoms with Gasteiger partial charge in [-0.05, 0) is 30.1 Å². The molecule has 1 aromatic heterocycles. The quantitative estimate of drug-likeness (QED) is 0.554. The summed E-state index contributed by atoms with van der Waals surface area (Å²) in [4.78, 5) is 10.2. The first kappa shape index (κ1) is 10.1. The lowest BCUT2D eigenvalue weighted by molar-refractivity contribution is -0.389. The van der Waals surface area contributed by atoms with E-state index < -0.39 is 4.92 Å². The Morgan fingerprint density at radius 3 is 3.20 bits per heavy atom. The van der Waals surface area contributed by atoms with Crippen LogP contribution in [0.5, 0.6) is 0 Å². The Hall–Kier alpha value is -1.39. The average Bonchev–Trinajstić information content (AvgIpc) is 2.51. The third kappa shape index (κ3) is 2.00. The van der Waals surface area contributed by atoms with Gasteiger partial charge in [0.25, 0.3) is 0 Å². The largest absolute Gasteiger partial charge is 0.390 e. The minimum absolute atomic E-state index is 0.0123.